The Morgan fingerprint density at radius 3 is 2.57 bits per heavy atom. The number of aryl methyl sites for hydroxylation is 2. The van der Waals surface area contributed by atoms with Gasteiger partial charge in [-0.2, -0.15) is 0 Å². The lowest BCUT2D eigenvalue weighted by Gasteiger charge is -2.03. The highest BCUT2D eigenvalue weighted by Gasteiger charge is 2.16. The number of benzene rings is 1. The summed E-state index contributed by atoms with van der Waals surface area (Å²) in [5.74, 6) is -0.300. The summed E-state index contributed by atoms with van der Waals surface area (Å²) in [5, 5.41) is 3.17. The molecule has 0 saturated heterocycles. The average molecular weight is 329 g/mol. The van der Waals surface area contributed by atoms with Gasteiger partial charge in [0.25, 0.3) is 11.5 Å². The molecule has 1 amide bonds. The van der Waals surface area contributed by atoms with E-state index in [0.29, 0.717) is 20.8 Å². The number of carbonyl (C=O) groups is 1. The van der Waals surface area contributed by atoms with Crippen molar-refractivity contribution in [1.82, 2.24) is 9.13 Å². The zero-order valence-corrected chi connectivity index (χ0v) is 13.7. The van der Waals surface area contributed by atoms with Crippen molar-refractivity contribution in [2.45, 2.75) is 6.92 Å². The Labute approximate surface area is 135 Å². The van der Waals surface area contributed by atoms with Gasteiger partial charge in [0.2, 0.25) is 0 Å². The van der Waals surface area contributed by atoms with E-state index in [0.717, 1.165) is 21.5 Å². The van der Waals surface area contributed by atoms with Crippen LogP contribution in [0.2, 0.25) is 0 Å². The Morgan fingerprint density at radius 1 is 1.13 bits per heavy atom. The van der Waals surface area contributed by atoms with Crippen LogP contribution in [0, 0.1) is 6.92 Å². The van der Waals surface area contributed by atoms with E-state index in [-0.39, 0.29) is 5.91 Å². The van der Waals surface area contributed by atoms with Crippen LogP contribution in [0.25, 0.3) is 10.2 Å². The molecule has 118 valence electrons. The van der Waals surface area contributed by atoms with Crippen molar-refractivity contribution in [2.75, 3.05) is 5.32 Å². The van der Waals surface area contributed by atoms with Crippen molar-refractivity contribution in [2.24, 2.45) is 14.1 Å². The van der Waals surface area contributed by atoms with Crippen molar-refractivity contribution in [1.29, 1.82) is 0 Å². The molecule has 0 bridgehead atoms. The molecule has 0 fully saturated rings. The van der Waals surface area contributed by atoms with Crippen LogP contribution in [-0.4, -0.2) is 15.0 Å². The van der Waals surface area contributed by atoms with E-state index < -0.39 is 11.2 Å². The zero-order valence-electron chi connectivity index (χ0n) is 12.9. The number of fused-ring (bicyclic) bond motifs is 1. The normalized spacial score (nSPS) is 10.9. The number of anilines is 1. The number of nitrogens with one attached hydrogen (secondary N) is 1. The largest absolute Gasteiger partial charge is 0.331 e. The third-order valence-corrected chi connectivity index (χ3v) is 4.84. The summed E-state index contributed by atoms with van der Waals surface area (Å²) >= 11 is 1.13. The second-order valence-electron chi connectivity index (χ2n) is 5.36. The quantitative estimate of drug-likeness (QED) is 0.780. The van der Waals surface area contributed by atoms with E-state index in [1.807, 2.05) is 25.1 Å². The average Bonchev–Trinajstić information content (AvgIpc) is 2.96. The SMILES string of the molecule is Cc1cccc(NC(=O)c2cc3c(=O)n(C)c(=O)n(C)c3s2)c1. The molecule has 0 spiro atoms. The third kappa shape index (κ3) is 2.59. The number of rotatable bonds is 2. The van der Waals surface area contributed by atoms with Crippen LogP contribution in [0.4, 0.5) is 5.69 Å². The lowest BCUT2D eigenvalue weighted by Crippen LogP contribution is -2.36. The molecule has 23 heavy (non-hydrogen) atoms. The van der Waals surface area contributed by atoms with Gasteiger partial charge < -0.3 is 5.32 Å². The first kappa shape index (κ1) is 15.2. The van der Waals surface area contributed by atoms with Gasteiger partial charge in [0.1, 0.15) is 4.83 Å². The summed E-state index contributed by atoms with van der Waals surface area (Å²) in [6, 6.07) is 8.99. The van der Waals surface area contributed by atoms with Crippen molar-refractivity contribution in [3.8, 4) is 0 Å². The second-order valence-corrected chi connectivity index (χ2v) is 6.39. The number of amides is 1. The molecule has 0 aliphatic carbocycles. The van der Waals surface area contributed by atoms with Gasteiger partial charge >= 0.3 is 5.69 Å². The lowest BCUT2D eigenvalue weighted by atomic mass is 10.2. The maximum Gasteiger partial charge on any atom is 0.331 e. The Morgan fingerprint density at radius 2 is 1.87 bits per heavy atom. The number of hydrogen-bond donors (Lipinski definition) is 1. The van der Waals surface area contributed by atoms with Crippen molar-refractivity contribution in [3.05, 3.63) is 61.6 Å². The molecule has 2 heterocycles. The summed E-state index contributed by atoms with van der Waals surface area (Å²) in [4.78, 5) is 37.4. The standard InChI is InChI=1S/C16H15N3O3S/c1-9-5-4-6-10(7-9)17-13(20)12-8-11-14(21)18(2)16(22)19(3)15(11)23-12/h4-8H,1-3H3,(H,17,20). The van der Waals surface area contributed by atoms with Crippen molar-refractivity contribution >= 4 is 33.1 Å². The van der Waals surface area contributed by atoms with Crippen LogP contribution in [0.3, 0.4) is 0 Å². The van der Waals surface area contributed by atoms with E-state index in [2.05, 4.69) is 5.32 Å². The Bertz CT molecular complexity index is 1040. The minimum absolute atomic E-state index is 0.300. The van der Waals surface area contributed by atoms with E-state index in [1.54, 1.807) is 13.1 Å². The first-order valence-electron chi connectivity index (χ1n) is 6.96. The molecule has 0 saturated carbocycles. The molecule has 3 rings (SSSR count). The lowest BCUT2D eigenvalue weighted by molar-refractivity contribution is 0.103. The van der Waals surface area contributed by atoms with E-state index >= 15 is 0 Å². The van der Waals surface area contributed by atoms with Crippen LogP contribution >= 0.6 is 11.3 Å². The van der Waals surface area contributed by atoms with E-state index in [1.165, 1.54) is 17.7 Å². The summed E-state index contributed by atoms with van der Waals surface area (Å²) in [6.45, 7) is 1.94. The molecule has 0 aliphatic heterocycles. The molecule has 1 aromatic carbocycles. The Hall–Kier alpha value is -2.67. The smallest absolute Gasteiger partial charge is 0.321 e. The third-order valence-electron chi connectivity index (χ3n) is 3.63. The number of aromatic nitrogens is 2. The van der Waals surface area contributed by atoms with E-state index in [4.69, 9.17) is 0 Å². The highest BCUT2D eigenvalue weighted by molar-refractivity contribution is 7.20. The Balaban J connectivity index is 2.06. The molecule has 2 aromatic heterocycles. The maximum atomic E-state index is 12.4. The number of thiophene rings is 1. The highest BCUT2D eigenvalue weighted by Crippen LogP contribution is 2.23. The molecular weight excluding hydrogens is 314 g/mol. The monoisotopic (exact) mass is 329 g/mol. The number of nitrogens with zero attached hydrogens (tertiary/aromatic N) is 2. The molecule has 6 nitrogen and oxygen atoms in total. The fourth-order valence-electron chi connectivity index (χ4n) is 2.39. The van der Waals surface area contributed by atoms with Gasteiger partial charge in [0.15, 0.2) is 0 Å². The second kappa shape index (κ2) is 5.51. The van der Waals surface area contributed by atoms with Gasteiger partial charge in [-0.15, -0.1) is 11.3 Å². The first-order chi connectivity index (χ1) is 10.9. The predicted octanol–water partition coefficient (Wildman–Crippen LogP) is 1.86. The van der Waals surface area contributed by atoms with Gasteiger partial charge in [0, 0.05) is 19.8 Å². The highest BCUT2D eigenvalue weighted by atomic mass is 32.1. The molecular formula is C16H15N3O3S. The van der Waals surface area contributed by atoms with Crippen LogP contribution in [0.15, 0.2) is 39.9 Å². The van der Waals surface area contributed by atoms with Gasteiger partial charge in [0.05, 0.1) is 10.3 Å². The van der Waals surface area contributed by atoms with Crippen LogP contribution in [0.5, 0.6) is 0 Å². The Kier molecular flexibility index (Phi) is 3.65. The fourth-order valence-corrected chi connectivity index (χ4v) is 3.39. The molecule has 3 aromatic rings. The first-order valence-corrected chi connectivity index (χ1v) is 7.77. The fraction of sp³-hybridized carbons (Fsp3) is 0.188. The summed E-state index contributed by atoms with van der Waals surface area (Å²) in [7, 11) is 3.01. The summed E-state index contributed by atoms with van der Waals surface area (Å²) in [5.41, 5.74) is 0.925. The van der Waals surface area contributed by atoms with Crippen LogP contribution < -0.4 is 16.6 Å². The topological polar surface area (TPSA) is 73.1 Å². The van der Waals surface area contributed by atoms with Crippen molar-refractivity contribution < 1.29 is 4.79 Å². The summed E-state index contributed by atoms with van der Waals surface area (Å²) < 4.78 is 2.42. The number of carbonyl (C=O) groups excluding carboxylic acids is 1. The van der Waals surface area contributed by atoms with Crippen molar-refractivity contribution in [3.63, 3.8) is 0 Å². The minimum Gasteiger partial charge on any atom is -0.321 e. The van der Waals surface area contributed by atoms with Crippen LogP contribution in [0.1, 0.15) is 15.2 Å². The molecule has 1 N–H and O–H groups in total. The zero-order chi connectivity index (χ0) is 16.7. The minimum atomic E-state index is -0.407. The van der Waals surface area contributed by atoms with Gasteiger partial charge in [-0.1, -0.05) is 12.1 Å². The molecule has 7 heteroatoms. The predicted molar refractivity (Wildman–Crippen MR) is 91.4 cm³/mol. The molecule has 0 unspecified atom stereocenters. The van der Waals surface area contributed by atoms with Crippen LogP contribution in [-0.2, 0) is 14.1 Å². The molecule has 0 aliphatic rings. The van der Waals surface area contributed by atoms with E-state index in [9.17, 15) is 14.4 Å². The number of hydrogen-bond acceptors (Lipinski definition) is 4. The van der Waals surface area contributed by atoms with Gasteiger partial charge in [-0.3, -0.25) is 18.7 Å². The molecule has 0 atom stereocenters. The maximum absolute atomic E-state index is 12.4. The van der Waals surface area contributed by atoms with Gasteiger partial charge in [-0.05, 0) is 30.7 Å². The summed E-state index contributed by atoms with van der Waals surface area (Å²) in [6.07, 6.45) is 0. The molecule has 0 radical (unpaired) electrons. The van der Waals surface area contributed by atoms with Gasteiger partial charge in [-0.25, -0.2) is 4.79 Å².